The van der Waals surface area contributed by atoms with Gasteiger partial charge in [-0.15, -0.1) is 0 Å². The highest BCUT2D eigenvalue weighted by Gasteiger charge is 2.27. The summed E-state index contributed by atoms with van der Waals surface area (Å²) >= 11 is 0. The Bertz CT molecular complexity index is 644. The molecule has 0 bridgehead atoms. The Balaban J connectivity index is 2.11. The number of hydrogen-bond acceptors (Lipinski definition) is 4. The quantitative estimate of drug-likeness (QED) is 0.786. The summed E-state index contributed by atoms with van der Waals surface area (Å²) in [6.45, 7) is 2.66. The standard InChI is InChI=1S/C15H18N2O3/c1-3-20-15(18)12-6-7-17-11(9-19-2)8-13(10-4-5-10)16-14(12)17/h6-8,10H,3-5,9H2,1-2H3. The molecule has 0 radical (unpaired) electrons. The summed E-state index contributed by atoms with van der Waals surface area (Å²) < 4.78 is 12.2. The van der Waals surface area contributed by atoms with Crippen LogP contribution in [0.1, 0.15) is 47.4 Å². The number of carbonyl (C=O) groups excluding carboxylic acids is 1. The summed E-state index contributed by atoms with van der Waals surface area (Å²) in [6.07, 6.45) is 4.19. The lowest BCUT2D eigenvalue weighted by molar-refractivity contribution is 0.0528. The van der Waals surface area contributed by atoms with Crippen LogP contribution in [-0.4, -0.2) is 29.1 Å². The topological polar surface area (TPSA) is 52.8 Å². The van der Waals surface area contributed by atoms with Gasteiger partial charge in [-0.05, 0) is 31.9 Å². The average Bonchev–Trinajstić information content (AvgIpc) is 3.19. The molecule has 1 saturated carbocycles. The van der Waals surface area contributed by atoms with E-state index in [4.69, 9.17) is 9.47 Å². The second-order valence-corrected chi connectivity index (χ2v) is 5.02. The zero-order valence-corrected chi connectivity index (χ0v) is 11.8. The fourth-order valence-corrected chi connectivity index (χ4v) is 2.38. The smallest absolute Gasteiger partial charge is 0.341 e. The van der Waals surface area contributed by atoms with Crippen LogP contribution in [-0.2, 0) is 16.1 Å². The third-order valence-electron chi connectivity index (χ3n) is 3.50. The number of esters is 1. The number of hydrogen-bond donors (Lipinski definition) is 0. The minimum atomic E-state index is -0.321. The van der Waals surface area contributed by atoms with Gasteiger partial charge in [0.05, 0.1) is 18.9 Å². The lowest BCUT2D eigenvalue weighted by atomic mass is 10.2. The predicted octanol–water partition coefficient (Wildman–Crippen LogP) is 2.53. The zero-order valence-electron chi connectivity index (χ0n) is 11.8. The molecule has 106 valence electrons. The molecule has 3 rings (SSSR count). The summed E-state index contributed by atoms with van der Waals surface area (Å²) in [6, 6.07) is 3.83. The van der Waals surface area contributed by atoms with E-state index in [9.17, 15) is 4.79 Å². The second kappa shape index (κ2) is 5.25. The fraction of sp³-hybridized carbons (Fsp3) is 0.467. The molecule has 5 heteroatoms. The number of methoxy groups -OCH3 is 1. The molecule has 5 nitrogen and oxygen atoms in total. The lowest BCUT2D eigenvalue weighted by Crippen LogP contribution is -2.07. The van der Waals surface area contributed by atoms with Gasteiger partial charge in [0, 0.05) is 24.9 Å². The van der Waals surface area contributed by atoms with E-state index in [1.165, 1.54) is 12.8 Å². The number of fused-ring (bicyclic) bond motifs is 1. The number of nitrogens with zero attached hydrogens (tertiary/aromatic N) is 2. The summed E-state index contributed by atoms with van der Waals surface area (Å²) in [5, 5.41) is 0. The van der Waals surface area contributed by atoms with Gasteiger partial charge < -0.3 is 13.9 Å². The van der Waals surface area contributed by atoms with Crippen molar-refractivity contribution in [2.75, 3.05) is 13.7 Å². The van der Waals surface area contributed by atoms with Gasteiger partial charge in [-0.25, -0.2) is 9.78 Å². The van der Waals surface area contributed by atoms with Gasteiger partial charge in [-0.3, -0.25) is 0 Å². The van der Waals surface area contributed by atoms with Crippen LogP contribution in [0.2, 0.25) is 0 Å². The SMILES string of the molecule is CCOC(=O)c1ccn2c(COC)cc(C3CC3)nc12. The van der Waals surface area contributed by atoms with Crippen LogP contribution < -0.4 is 0 Å². The number of rotatable bonds is 5. The average molecular weight is 274 g/mol. The first-order valence-corrected chi connectivity index (χ1v) is 6.91. The van der Waals surface area contributed by atoms with Crippen LogP contribution >= 0.6 is 0 Å². The maximum absolute atomic E-state index is 12.0. The van der Waals surface area contributed by atoms with Crippen molar-refractivity contribution in [3.8, 4) is 0 Å². The van der Waals surface area contributed by atoms with Crippen molar-refractivity contribution in [2.24, 2.45) is 0 Å². The Kier molecular flexibility index (Phi) is 3.44. The number of ether oxygens (including phenoxy) is 2. The van der Waals surface area contributed by atoms with Crippen LogP contribution in [0.15, 0.2) is 18.3 Å². The molecule has 2 heterocycles. The summed E-state index contributed by atoms with van der Waals surface area (Å²) in [5.74, 6) is 0.208. The van der Waals surface area contributed by atoms with E-state index < -0.39 is 0 Å². The highest BCUT2D eigenvalue weighted by atomic mass is 16.5. The van der Waals surface area contributed by atoms with E-state index in [0.29, 0.717) is 30.3 Å². The second-order valence-electron chi connectivity index (χ2n) is 5.02. The van der Waals surface area contributed by atoms with Crippen molar-refractivity contribution in [1.82, 2.24) is 9.38 Å². The first-order valence-electron chi connectivity index (χ1n) is 6.91. The van der Waals surface area contributed by atoms with Gasteiger partial charge >= 0.3 is 5.97 Å². The molecule has 20 heavy (non-hydrogen) atoms. The first-order chi connectivity index (χ1) is 9.74. The molecule has 0 unspecified atom stereocenters. The van der Waals surface area contributed by atoms with Crippen molar-refractivity contribution in [3.05, 3.63) is 35.3 Å². The molecular formula is C15H18N2O3. The molecule has 1 aliphatic rings. The third-order valence-corrected chi connectivity index (χ3v) is 3.50. The molecule has 1 fully saturated rings. The summed E-state index contributed by atoms with van der Waals surface area (Å²) in [5.41, 5.74) is 3.25. The third kappa shape index (κ3) is 2.29. The maximum Gasteiger partial charge on any atom is 0.341 e. The monoisotopic (exact) mass is 274 g/mol. The van der Waals surface area contributed by atoms with Crippen molar-refractivity contribution >= 4 is 11.6 Å². The Hall–Kier alpha value is -1.88. The first kappa shape index (κ1) is 13.1. The molecule has 0 amide bonds. The van der Waals surface area contributed by atoms with Crippen molar-refractivity contribution < 1.29 is 14.3 Å². The lowest BCUT2D eigenvalue weighted by Gasteiger charge is -2.09. The molecule has 0 saturated heterocycles. The van der Waals surface area contributed by atoms with Gasteiger partial charge in [0.2, 0.25) is 0 Å². The van der Waals surface area contributed by atoms with Gasteiger partial charge in [-0.2, -0.15) is 0 Å². The van der Waals surface area contributed by atoms with Crippen LogP contribution in [0.4, 0.5) is 0 Å². The van der Waals surface area contributed by atoms with Gasteiger partial charge in [0.1, 0.15) is 5.56 Å². The van der Waals surface area contributed by atoms with Gasteiger partial charge in [0.15, 0.2) is 5.65 Å². The molecule has 0 spiro atoms. The Morgan fingerprint density at radius 3 is 2.95 bits per heavy atom. The van der Waals surface area contributed by atoms with Crippen LogP contribution in [0.25, 0.3) is 5.65 Å². The number of carbonyl (C=O) groups is 1. The minimum Gasteiger partial charge on any atom is -0.462 e. The highest BCUT2D eigenvalue weighted by molar-refractivity contribution is 5.96. The molecular weight excluding hydrogens is 256 g/mol. The molecule has 2 aromatic rings. The molecule has 0 aliphatic heterocycles. The van der Waals surface area contributed by atoms with Gasteiger partial charge in [-0.1, -0.05) is 0 Å². The van der Waals surface area contributed by atoms with Gasteiger partial charge in [0.25, 0.3) is 0 Å². The molecule has 2 aromatic heterocycles. The molecule has 1 aliphatic carbocycles. The molecule has 0 atom stereocenters. The largest absolute Gasteiger partial charge is 0.462 e. The van der Waals surface area contributed by atoms with E-state index in [1.807, 2.05) is 10.6 Å². The van der Waals surface area contributed by atoms with E-state index in [-0.39, 0.29) is 5.97 Å². The Morgan fingerprint density at radius 2 is 2.30 bits per heavy atom. The van der Waals surface area contributed by atoms with E-state index >= 15 is 0 Å². The van der Waals surface area contributed by atoms with E-state index in [2.05, 4.69) is 11.1 Å². The van der Waals surface area contributed by atoms with Crippen molar-refractivity contribution in [1.29, 1.82) is 0 Å². The van der Waals surface area contributed by atoms with Crippen LogP contribution in [0.5, 0.6) is 0 Å². The maximum atomic E-state index is 12.0. The summed E-state index contributed by atoms with van der Waals surface area (Å²) in [7, 11) is 1.67. The zero-order chi connectivity index (χ0) is 14.1. The molecule has 0 N–H and O–H groups in total. The van der Waals surface area contributed by atoms with Crippen molar-refractivity contribution in [2.45, 2.75) is 32.3 Å². The minimum absolute atomic E-state index is 0.321. The summed E-state index contributed by atoms with van der Waals surface area (Å²) in [4.78, 5) is 16.6. The fourth-order valence-electron chi connectivity index (χ4n) is 2.38. The Labute approximate surface area is 117 Å². The van der Waals surface area contributed by atoms with E-state index in [1.54, 1.807) is 20.1 Å². The highest BCUT2D eigenvalue weighted by Crippen LogP contribution is 2.39. The van der Waals surface area contributed by atoms with Crippen LogP contribution in [0, 0.1) is 0 Å². The predicted molar refractivity (Wildman–Crippen MR) is 73.8 cm³/mol. The Morgan fingerprint density at radius 1 is 1.50 bits per heavy atom. The number of aromatic nitrogens is 2. The van der Waals surface area contributed by atoms with Crippen molar-refractivity contribution in [3.63, 3.8) is 0 Å². The van der Waals surface area contributed by atoms with Crippen LogP contribution in [0.3, 0.4) is 0 Å². The normalized spacial score (nSPS) is 14.7. The van der Waals surface area contributed by atoms with E-state index in [0.717, 1.165) is 11.4 Å². The molecule has 0 aromatic carbocycles.